The number of halogens is 1. The van der Waals surface area contributed by atoms with E-state index in [1.165, 1.54) is 32.1 Å². The van der Waals surface area contributed by atoms with Crippen molar-refractivity contribution < 1.29 is 4.79 Å². The molecule has 1 saturated carbocycles. The summed E-state index contributed by atoms with van der Waals surface area (Å²) in [6.45, 7) is 2.97. The van der Waals surface area contributed by atoms with E-state index in [0.717, 1.165) is 6.54 Å². The quantitative estimate of drug-likeness (QED) is 0.852. The Morgan fingerprint density at radius 3 is 2.83 bits per heavy atom. The third-order valence-corrected chi connectivity index (χ3v) is 4.04. The molecule has 3 nitrogen and oxygen atoms in total. The summed E-state index contributed by atoms with van der Waals surface area (Å²) in [6, 6.07) is 3.43. The van der Waals surface area contributed by atoms with E-state index >= 15 is 0 Å². The smallest absolute Gasteiger partial charge is 0.254 e. The summed E-state index contributed by atoms with van der Waals surface area (Å²) in [5.41, 5.74) is 0.696. The van der Waals surface area contributed by atoms with Crippen LogP contribution in [-0.4, -0.2) is 17.4 Å². The normalized spacial score (nSPS) is 18.3. The maximum atomic E-state index is 12.0. The Morgan fingerprint density at radius 1 is 1.44 bits per heavy atom. The predicted octanol–water partition coefficient (Wildman–Crippen LogP) is 3.44. The third-order valence-electron chi connectivity index (χ3n) is 3.74. The van der Waals surface area contributed by atoms with Gasteiger partial charge in [-0.1, -0.05) is 37.8 Å². The second-order valence-electron chi connectivity index (χ2n) is 5.40. The standard InChI is InChI=1S/C14H19ClN2O/c1-14(7-3-2-4-8-14)10-17-13(18)11-6-5-9-16-12(11)15/h5-6,9H,2-4,7-8,10H2,1H3,(H,17,18). The van der Waals surface area contributed by atoms with E-state index in [1.54, 1.807) is 18.3 Å². The molecule has 1 aliphatic rings. The Morgan fingerprint density at radius 2 is 2.17 bits per heavy atom. The van der Waals surface area contributed by atoms with Crippen LogP contribution in [-0.2, 0) is 0 Å². The molecule has 1 aromatic rings. The highest BCUT2D eigenvalue weighted by Gasteiger charge is 2.27. The summed E-state index contributed by atoms with van der Waals surface area (Å²) in [6.07, 6.45) is 7.81. The fraction of sp³-hybridized carbons (Fsp3) is 0.571. The maximum Gasteiger partial charge on any atom is 0.254 e. The second kappa shape index (κ2) is 5.70. The van der Waals surface area contributed by atoms with Crippen molar-refractivity contribution in [2.45, 2.75) is 39.0 Å². The summed E-state index contributed by atoms with van der Waals surface area (Å²) >= 11 is 5.90. The van der Waals surface area contributed by atoms with Gasteiger partial charge in [-0.3, -0.25) is 4.79 Å². The molecule has 18 heavy (non-hydrogen) atoms. The Bertz CT molecular complexity index is 428. The van der Waals surface area contributed by atoms with Gasteiger partial charge in [0.15, 0.2) is 0 Å². The summed E-state index contributed by atoms with van der Waals surface area (Å²) in [5, 5.41) is 3.25. The van der Waals surface area contributed by atoms with Gasteiger partial charge in [0, 0.05) is 12.7 Å². The molecule has 1 fully saturated rings. The van der Waals surface area contributed by atoms with Crippen LogP contribution in [0.15, 0.2) is 18.3 Å². The number of pyridine rings is 1. The predicted molar refractivity (Wildman–Crippen MR) is 72.8 cm³/mol. The Balaban J connectivity index is 1.94. The van der Waals surface area contributed by atoms with Crippen molar-refractivity contribution in [3.63, 3.8) is 0 Å². The number of rotatable bonds is 3. The molecule has 1 amide bonds. The van der Waals surface area contributed by atoms with Gasteiger partial charge in [0.1, 0.15) is 5.15 Å². The molecule has 1 heterocycles. The molecule has 0 bridgehead atoms. The van der Waals surface area contributed by atoms with Crippen LogP contribution in [0.1, 0.15) is 49.4 Å². The minimum atomic E-state index is -0.125. The summed E-state index contributed by atoms with van der Waals surface area (Å²) in [7, 11) is 0. The van der Waals surface area contributed by atoms with E-state index in [1.807, 2.05) is 0 Å². The molecule has 0 unspecified atom stereocenters. The Hall–Kier alpha value is -1.09. The fourth-order valence-corrected chi connectivity index (χ4v) is 2.73. The van der Waals surface area contributed by atoms with Gasteiger partial charge < -0.3 is 5.32 Å². The lowest BCUT2D eigenvalue weighted by Crippen LogP contribution is -2.37. The van der Waals surface area contributed by atoms with Crippen molar-refractivity contribution in [3.05, 3.63) is 29.0 Å². The molecule has 0 radical (unpaired) electrons. The maximum absolute atomic E-state index is 12.0. The van der Waals surface area contributed by atoms with Gasteiger partial charge in [0.2, 0.25) is 0 Å². The molecule has 1 aromatic heterocycles. The summed E-state index contributed by atoms with van der Waals surface area (Å²) < 4.78 is 0. The monoisotopic (exact) mass is 266 g/mol. The van der Waals surface area contributed by atoms with E-state index in [9.17, 15) is 4.79 Å². The van der Waals surface area contributed by atoms with Gasteiger partial charge in [-0.2, -0.15) is 0 Å². The number of aromatic nitrogens is 1. The molecule has 1 aliphatic carbocycles. The van der Waals surface area contributed by atoms with Crippen LogP contribution in [0.25, 0.3) is 0 Å². The Labute approximate surface area is 113 Å². The number of carbonyl (C=O) groups is 1. The average molecular weight is 267 g/mol. The highest BCUT2D eigenvalue weighted by atomic mass is 35.5. The van der Waals surface area contributed by atoms with Crippen LogP contribution >= 0.6 is 11.6 Å². The van der Waals surface area contributed by atoms with Gasteiger partial charge in [-0.25, -0.2) is 4.98 Å². The molecule has 1 N–H and O–H groups in total. The van der Waals surface area contributed by atoms with Gasteiger partial charge >= 0.3 is 0 Å². The highest BCUT2D eigenvalue weighted by molar-refractivity contribution is 6.32. The van der Waals surface area contributed by atoms with Gasteiger partial charge in [-0.05, 0) is 30.4 Å². The highest BCUT2D eigenvalue weighted by Crippen LogP contribution is 2.35. The van der Waals surface area contributed by atoms with Crippen LogP contribution in [0.2, 0.25) is 5.15 Å². The van der Waals surface area contributed by atoms with Crippen molar-refractivity contribution in [3.8, 4) is 0 Å². The SMILES string of the molecule is CC1(CNC(=O)c2cccnc2Cl)CCCCC1. The molecule has 0 saturated heterocycles. The number of nitrogens with zero attached hydrogens (tertiary/aromatic N) is 1. The zero-order valence-corrected chi connectivity index (χ0v) is 11.5. The van der Waals surface area contributed by atoms with Crippen LogP contribution in [0.5, 0.6) is 0 Å². The zero-order chi connectivity index (χ0) is 13.0. The minimum Gasteiger partial charge on any atom is -0.351 e. The first-order chi connectivity index (χ1) is 8.61. The lowest BCUT2D eigenvalue weighted by molar-refractivity contribution is 0.0919. The van der Waals surface area contributed by atoms with E-state index in [-0.39, 0.29) is 16.5 Å². The summed E-state index contributed by atoms with van der Waals surface area (Å²) in [4.78, 5) is 15.9. The molecular weight excluding hydrogens is 248 g/mol. The number of hydrogen-bond acceptors (Lipinski definition) is 2. The van der Waals surface area contributed by atoms with Crippen LogP contribution in [0.4, 0.5) is 0 Å². The zero-order valence-electron chi connectivity index (χ0n) is 10.7. The first-order valence-corrected chi connectivity index (χ1v) is 6.87. The average Bonchev–Trinajstić information content (AvgIpc) is 2.38. The van der Waals surface area contributed by atoms with Gasteiger partial charge in [0.05, 0.1) is 5.56 Å². The lowest BCUT2D eigenvalue weighted by Gasteiger charge is -2.33. The van der Waals surface area contributed by atoms with Crippen molar-refractivity contribution in [2.24, 2.45) is 5.41 Å². The first kappa shape index (κ1) is 13.3. The molecule has 2 rings (SSSR count). The molecule has 0 aromatic carbocycles. The first-order valence-electron chi connectivity index (χ1n) is 6.49. The van der Waals surface area contributed by atoms with Crippen molar-refractivity contribution in [2.75, 3.05) is 6.54 Å². The van der Waals surface area contributed by atoms with E-state index in [2.05, 4.69) is 17.2 Å². The molecule has 98 valence electrons. The largest absolute Gasteiger partial charge is 0.351 e. The Kier molecular flexibility index (Phi) is 4.23. The number of carbonyl (C=O) groups excluding carboxylic acids is 1. The fourth-order valence-electron chi connectivity index (χ4n) is 2.53. The molecular formula is C14H19ClN2O. The summed E-state index contributed by atoms with van der Waals surface area (Å²) in [5.74, 6) is -0.125. The van der Waals surface area contributed by atoms with Crippen molar-refractivity contribution in [1.29, 1.82) is 0 Å². The number of nitrogens with one attached hydrogen (secondary N) is 1. The van der Waals surface area contributed by atoms with Crippen molar-refractivity contribution >= 4 is 17.5 Å². The molecule has 0 spiro atoms. The van der Waals surface area contributed by atoms with Gasteiger partial charge in [0.25, 0.3) is 5.91 Å². The second-order valence-corrected chi connectivity index (χ2v) is 5.75. The molecule has 0 atom stereocenters. The van der Waals surface area contributed by atoms with Gasteiger partial charge in [-0.15, -0.1) is 0 Å². The number of hydrogen-bond donors (Lipinski definition) is 1. The molecule has 0 aliphatic heterocycles. The van der Waals surface area contributed by atoms with E-state index in [4.69, 9.17) is 11.6 Å². The minimum absolute atomic E-state index is 0.125. The van der Waals surface area contributed by atoms with E-state index < -0.39 is 0 Å². The van der Waals surface area contributed by atoms with Crippen molar-refractivity contribution in [1.82, 2.24) is 10.3 Å². The van der Waals surface area contributed by atoms with Crippen LogP contribution in [0, 0.1) is 5.41 Å². The van der Waals surface area contributed by atoms with E-state index in [0.29, 0.717) is 5.56 Å². The lowest BCUT2D eigenvalue weighted by atomic mass is 9.76. The molecule has 4 heteroatoms. The van der Waals surface area contributed by atoms with Crippen LogP contribution in [0.3, 0.4) is 0 Å². The van der Waals surface area contributed by atoms with Crippen LogP contribution < -0.4 is 5.32 Å². The third kappa shape index (κ3) is 3.22. The topological polar surface area (TPSA) is 42.0 Å². The number of amides is 1.